The first-order chi connectivity index (χ1) is 4.70. The summed E-state index contributed by atoms with van der Waals surface area (Å²) in [6.45, 7) is 4.85. The summed E-state index contributed by atoms with van der Waals surface area (Å²) >= 11 is 0. The monoisotopic (exact) mass is 154 g/mol. The van der Waals surface area contributed by atoms with Gasteiger partial charge in [0, 0.05) is 10.2 Å². The molecule has 0 aromatic rings. The fourth-order valence-corrected chi connectivity index (χ4v) is 5.21. The lowest BCUT2D eigenvalue weighted by Crippen LogP contribution is -2.05. The van der Waals surface area contributed by atoms with E-state index in [1.165, 1.54) is 16.7 Å². The first-order valence-electron chi connectivity index (χ1n) is 4.70. The van der Waals surface area contributed by atoms with Crippen molar-refractivity contribution in [1.29, 1.82) is 0 Å². The van der Waals surface area contributed by atoms with E-state index < -0.39 is 0 Å². The second kappa shape index (κ2) is 1.88. The van der Waals surface area contributed by atoms with Crippen LogP contribution in [-0.2, 0) is 0 Å². The van der Waals surface area contributed by atoms with Crippen LogP contribution >= 0.6 is 0 Å². The maximum Gasteiger partial charge on any atom is 0.00746 e. The van der Waals surface area contributed by atoms with Crippen LogP contribution in [0.15, 0.2) is 0 Å². The SMILES string of the molecule is CCC12C[C@@H]1C(C)CC2[SiH3]. The van der Waals surface area contributed by atoms with E-state index >= 15 is 0 Å². The van der Waals surface area contributed by atoms with Gasteiger partial charge in [-0.15, -0.1) is 0 Å². The summed E-state index contributed by atoms with van der Waals surface area (Å²) in [6.07, 6.45) is 4.61. The van der Waals surface area contributed by atoms with Gasteiger partial charge in [0.1, 0.15) is 0 Å². The van der Waals surface area contributed by atoms with Crippen molar-refractivity contribution in [2.24, 2.45) is 17.3 Å². The molecule has 0 nitrogen and oxygen atoms in total. The quantitative estimate of drug-likeness (QED) is 0.503. The van der Waals surface area contributed by atoms with Crippen molar-refractivity contribution in [3.05, 3.63) is 0 Å². The molecule has 10 heavy (non-hydrogen) atoms. The molecule has 0 amide bonds. The van der Waals surface area contributed by atoms with Gasteiger partial charge in [-0.2, -0.15) is 0 Å². The first kappa shape index (κ1) is 6.90. The molecular formula is C9H18Si. The maximum absolute atomic E-state index is 2.46. The molecule has 0 bridgehead atoms. The summed E-state index contributed by atoms with van der Waals surface area (Å²) in [7, 11) is 1.45. The van der Waals surface area contributed by atoms with Gasteiger partial charge >= 0.3 is 0 Å². The van der Waals surface area contributed by atoms with Crippen molar-refractivity contribution in [3.63, 3.8) is 0 Å². The van der Waals surface area contributed by atoms with E-state index in [4.69, 9.17) is 0 Å². The Labute approximate surface area is 66.8 Å². The molecule has 0 radical (unpaired) electrons. The van der Waals surface area contributed by atoms with Crippen LogP contribution in [0, 0.1) is 17.3 Å². The summed E-state index contributed by atoms with van der Waals surface area (Å²) in [5.41, 5.74) is 2.06. The van der Waals surface area contributed by atoms with Gasteiger partial charge in [0.2, 0.25) is 0 Å². The van der Waals surface area contributed by atoms with Crippen molar-refractivity contribution < 1.29 is 0 Å². The molecule has 3 unspecified atom stereocenters. The van der Waals surface area contributed by atoms with Crippen molar-refractivity contribution >= 4 is 10.2 Å². The average Bonchev–Trinajstić information content (AvgIpc) is 2.57. The van der Waals surface area contributed by atoms with E-state index in [1.807, 2.05) is 0 Å². The van der Waals surface area contributed by atoms with Gasteiger partial charge < -0.3 is 0 Å². The van der Waals surface area contributed by atoms with Crippen molar-refractivity contribution in [1.82, 2.24) is 0 Å². The minimum atomic E-state index is 0.894. The van der Waals surface area contributed by atoms with E-state index in [1.54, 1.807) is 12.8 Å². The van der Waals surface area contributed by atoms with Gasteiger partial charge in [-0.3, -0.25) is 0 Å². The fourth-order valence-electron chi connectivity index (χ4n) is 3.40. The molecule has 0 spiro atoms. The maximum atomic E-state index is 2.46. The minimum Gasteiger partial charge on any atom is -0.0648 e. The van der Waals surface area contributed by atoms with Gasteiger partial charge in [-0.1, -0.05) is 26.7 Å². The van der Waals surface area contributed by atoms with E-state index in [-0.39, 0.29) is 0 Å². The van der Waals surface area contributed by atoms with Gasteiger partial charge in [0.15, 0.2) is 0 Å². The highest BCUT2D eigenvalue weighted by Gasteiger charge is 2.62. The first-order valence-corrected chi connectivity index (χ1v) is 5.86. The zero-order valence-corrected chi connectivity index (χ0v) is 9.35. The van der Waals surface area contributed by atoms with Crippen LogP contribution in [0.25, 0.3) is 0 Å². The van der Waals surface area contributed by atoms with Crippen LogP contribution in [0.4, 0.5) is 0 Å². The largest absolute Gasteiger partial charge is 0.0648 e. The molecule has 0 saturated heterocycles. The van der Waals surface area contributed by atoms with E-state index in [2.05, 4.69) is 13.8 Å². The Morgan fingerprint density at radius 1 is 1.60 bits per heavy atom. The summed E-state index contributed by atoms with van der Waals surface area (Å²) in [5.74, 6) is 2.22. The van der Waals surface area contributed by atoms with Crippen molar-refractivity contribution in [2.75, 3.05) is 0 Å². The molecule has 4 atom stereocenters. The molecule has 2 aliphatic rings. The lowest BCUT2D eigenvalue weighted by atomic mass is 10.0. The molecule has 58 valence electrons. The van der Waals surface area contributed by atoms with Crippen molar-refractivity contribution in [2.45, 2.75) is 38.7 Å². The second-order valence-electron chi connectivity index (χ2n) is 4.51. The molecule has 0 N–H and O–H groups in total. The zero-order chi connectivity index (χ0) is 7.35. The molecule has 0 heterocycles. The van der Waals surface area contributed by atoms with E-state index in [0.29, 0.717) is 0 Å². The molecule has 2 aliphatic carbocycles. The molecule has 0 aliphatic heterocycles. The molecule has 0 aromatic heterocycles. The number of fused-ring (bicyclic) bond motifs is 1. The Morgan fingerprint density at radius 2 is 2.30 bits per heavy atom. The zero-order valence-electron chi connectivity index (χ0n) is 7.35. The third-order valence-electron chi connectivity index (χ3n) is 4.23. The number of hydrogen-bond acceptors (Lipinski definition) is 0. The number of hydrogen-bond donors (Lipinski definition) is 0. The Balaban J connectivity index is 2.16. The predicted octanol–water partition coefficient (Wildman–Crippen LogP) is 1.60. The van der Waals surface area contributed by atoms with Crippen LogP contribution in [0.1, 0.15) is 33.1 Å². The van der Waals surface area contributed by atoms with Crippen molar-refractivity contribution in [3.8, 4) is 0 Å². The lowest BCUT2D eigenvalue weighted by molar-refractivity contribution is 0.468. The molecule has 0 aromatic carbocycles. The lowest BCUT2D eigenvalue weighted by Gasteiger charge is -2.16. The Morgan fingerprint density at radius 3 is 2.50 bits per heavy atom. The van der Waals surface area contributed by atoms with E-state index in [0.717, 1.165) is 22.8 Å². The third-order valence-corrected chi connectivity index (χ3v) is 5.85. The summed E-state index contributed by atoms with van der Waals surface area (Å²) in [5, 5.41) is 0. The third kappa shape index (κ3) is 0.623. The Hall–Kier alpha value is 0.217. The highest BCUT2D eigenvalue weighted by Crippen LogP contribution is 2.72. The highest BCUT2D eigenvalue weighted by molar-refractivity contribution is 6.12. The topological polar surface area (TPSA) is 0 Å². The van der Waals surface area contributed by atoms with Crippen LogP contribution in [0.5, 0.6) is 0 Å². The van der Waals surface area contributed by atoms with Crippen LogP contribution in [-0.4, -0.2) is 10.2 Å². The Bertz CT molecular complexity index is 151. The molecule has 2 saturated carbocycles. The smallest absolute Gasteiger partial charge is 0.00746 e. The van der Waals surface area contributed by atoms with Gasteiger partial charge in [0.25, 0.3) is 0 Å². The molecule has 2 rings (SSSR count). The normalized spacial score (nSPS) is 58.8. The molecule has 1 heteroatoms. The van der Waals surface area contributed by atoms with Crippen LogP contribution < -0.4 is 0 Å². The summed E-state index contributed by atoms with van der Waals surface area (Å²) in [6, 6.07) is 0. The number of rotatable bonds is 1. The highest BCUT2D eigenvalue weighted by atomic mass is 28.1. The average molecular weight is 154 g/mol. The van der Waals surface area contributed by atoms with Gasteiger partial charge in [-0.25, -0.2) is 0 Å². The van der Waals surface area contributed by atoms with Crippen LogP contribution in [0.2, 0.25) is 5.54 Å². The molecule has 2 fully saturated rings. The fraction of sp³-hybridized carbons (Fsp3) is 1.00. The predicted molar refractivity (Wildman–Crippen MR) is 48.3 cm³/mol. The minimum absolute atomic E-state index is 0.894. The van der Waals surface area contributed by atoms with Gasteiger partial charge in [-0.05, 0) is 29.2 Å². The van der Waals surface area contributed by atoms with Crippen LogP contribution in [0.3, 0.4) is 0 Å². The standard InChI is InChI=1S/C9H18Si/c1-3-9-5-7(9)6(2)4-8(9)10/h6-8H,3-5H2,1-2,10H3/t6?,7-,8?,9?/m1/s1. The Kier molecular flexibility index (Phi) is 1.29. The summed E-state index contributed by atoms with van der Waals surface area (Å²) < 4.78 is 0. The summed E-state index contributed by atoms with van der Waals surface area (Å²) in [4.78, 5) is 0. The van der Waals surface area contributed by atoms with Gasteiger partial charge in [0.05, 0.1) is 0 Å². The van der Waals surface area contributed by atoms with E-state index in [9.17, 15) is 0 Å². The molecular weight excluding hydrogens is 136 g/mol. The second-order valence-corrected chi connectivity index (χ2v) is 5.91.